The van der Waals surface area contributed by atoms with Crippen molar-refractivity contribution in [2.45, 2.75) is 6.10 Å². The standard InChI is InChI=1S/C21H32N2O3/c1-22(2,3)17-9-7-11-20(13-17)25-15-19(24)16-26-21-12-8-10-18(14-21)23(4,5)6/h7-14,19,24H,15-16H2,1-6H3/q+2. The summed E-state index contributed by atoms with van der Waals surface area (Å²) in [5.74, 6) is 1.50. The maximum absolute atomic E-state index is 10.2. The lowest BCUT2D eigenvalue weighted by molar-refractivity contribution is 0.0626. The van der Waals surface area contributed by atoms with E-state index in [9.17, 15) is 5.11 Å². The molecule has 0 unspecified atom stereocenters. The first-order valence-corrected chi connectivity index (χ1v) is 8.83. The molecule has 5 nitrogen and oxygen atoms in total. The summed E-state index contributed by atoms with van der Waals surface area (Å²) in [4.78, 5) is 0. The normalized spacial score (nSPS) is 12.3. The largest absolute Gasteiger partial charge is 0.491 e. The Kier molecular flexibility index (Phi) is 6.29. The van der Waals surface area contributed by atoms with Crippen molar-refractivity contribution in [3.05, 3.63) is 48.5 Å². The Morgan fingerprint density at radius 2 is 1.12 bits per heavy atom. The maximum Gasteiger partial charge on any atom is 0.135 e. The quantitative estimate of drug-likeness (QED) is 0.736. The van der Waals surface area contributed by atoms with Crippen molar-refractivity contribution in [3.63, 3.8) is 0 Å². The SMILES string of the molecule is C[N+](C)(C)c1cccc(OCC(O)COc2cccc([N+](C)(C)C)c2)c1. The van der Waals surface area contributed by atoms with Crippen LogP contribution in [-0.2, 0) is 0 Å². The third kappa shape index (κ3) is 6.02. The molecule has 0 amide bonds. The molecule has 0 bridgehead atoms. The summed E-state index contributed by atoms with van der Waals surface area (Å²) in [6.07, 6.45) is -0.699. The maximum atomic E-state index is 10.2. The van der Waals surface area contributed by atoms with Gasteiger partial charge in [-0.1, -0.05) is 12.1 Å². The van der Waals surface area contributed by atoms with Gasteiger partial charge < -0.3 is 14.6 Å². The van der Waals surface area contributed by atoms with Gasteiger partial charge in [-0.3, -0.25) is 8.97 Å². The highest BCUT2D eigenvalue weighted by Gasteiger charge is 2.15. The summed E-state index contributed by atoms with van der Waals surface area (Å²) < 4.78 is 12.9. The van der Waals surface area contributed by atoms with Gasteiger partial charge in [0, 0.05) is 12.1 Å². The van der Waals surface area contributed by atoms with Crippen LogP contribution in [0.15, 0.2) is 48.5 Å². The van der Waals surface area contributed by atoms with Crippen molar-refractivity contribution < 1.29 is 14.6 Å². The second-order valence-corrected chi connectivity index (χ2v) is 8.30. The fourth-order valence-corrected chi connectivity index (χ4v) is 2.41. The summed E-state index contributed by atoms with van der Waals surface area (Å²) >= 11 is 0. The van der Waals surface area contributed by atoms with Crippen molar-refractivity contribution in [2.24, 2.45) is 0 Å². The van der Waals surface area contributed by atoms with Crippen LogP contribution < -0.4 is 18.4 Å². The molecule has 0 aliphatic heterocycles. The van der Waals surface area contributed by atoms with E-state index >= 15 is 0 Å². The van der Waals surface area contributed by atoms with Crippen molar-refractivity contribution in [3.8, 4) is 11.5 Å². The van der Waals surface area contributed by atoms with Gasteiger partial charge in [-0.15, -0.1) is 0 Å². The molecule has 1 N–H and O–H groups in total. The topological polar surface area (TPSA) is 38.7 Å². The molecule has 2 aromatic carbocycles. The van der Waals surface area contributed by atoms with Crippen molar-refractivity contribution in [1.29, 1.82) is 0 Å². The molecule has 0 spiro atoms. The van der Waals surface area contributed by atoms with Gasteiger partial charge in [0.1, 0.15) is 42.2 Å². The first-order valence-electron chi connectivity index (χ1n) is 8.83. The van der Waals surface area contributed by atoms with Crippen LogP contribution in [0.5, 0.6) is 11.5 Å². The van der Waals surface area contributed by atoms with Gasteiger partial charge in [0.2, 0.25) is 0 Å². The van der Waals surface area contributed by atoms with Crippen LogP contribution in [0.1, 0.15) is 0 Å². The second kappa shape index (κ2) is 8.08. The van der Waals surface area contributed by atoms with E-state index in [2.05, 4.69) is 54.4 Å². The van der Waals surface area contributed by atoms with Gasteiger partial charge in [0.25, 0.3) is 0 Å². The molecule has 5 heteroatoms. The minimum Gasteiger partial charge on any atom is -0.491 e. The Bertz CT molecular complexity index is 656. The number of hydrogen-bond donors (Lipinski definition) is 1. The molecule has 0 radical (unpaired) electrons. The second-order valence-electron chi connectivity index (χ2n) is 8.30. The number of nitrogens with zero attached hydrogens (tertiary/aromatic N) is 2. The number of hydrogen-bond acceptors (Lipinski definition) is 3. The van der Waals surface area contributed by atoms with E-state index in [0.717, 1.165) is 22.9 Å². The fraction of sp³-hybridized carbons (Fsp3) is 0.429. The smallest absolute Gasteiger partial charge is 0.135 e. The zero-order valence-corrected chi connectivity index (χ0v) is 16.8. The molecular formula is C21H32N2O3+2. The molecule has 0 saturated heterocycles. The van der Waals surface area contributed by atoms with E-state index in [-0.39, 0.29) is 13.2 Å². The lowest BCUT2D eigenvalue weighted by Gasteiger charge is -2.24. The number of quaternary nitrogens is 2. The third-order valence-electron chi connectivity index (χ3n) is 4.07. The first kappa shape index (κ1) is 20.2. The number of ether oxygens (including phenoxy) is 2. The van der Waals surface area contributed by atoms with Crippen molar-refractivity contribution in [2.75, 3.05) is 55.5 Å². The summed E-state index contributed by atoms with van der Waals surface area (Å²) in [6, 6.07) is 15.9. The van der Waals surface area contributed by atoms with Gasteiger partial charge in [-0.05, 0) is 24.3 Å². The fourth-order valence-electron chi connectivity index (χ4n) is 2.41. The lowest BCUT2D eigenvalue weighted by Crippen LogP contribution is -2.34. The van der Waals surface area contributed by atoms with E-state index in [4.69, 9.17) is 9.47 Å². The first-order chi connectivity index (χ1) is 12.1. The van der Waals surface area contributed by atoms with E-state index in [1.807, 2.05) is 36.4 Å². The van der Waals surface area contributed by atoms with Crippen LogP contribution in [-0.4, -0.2) is 66.7 Å². The molecule has 2 rings (SSSR count). The van der Waals surface area contributed by atoms with Gasteiger partial charge in [-0.25, -0.2) is 0 Å². The van der Waals surface area contributed by atoms with E-state index in [0.29, 0.717) is 8.97 Å². The average Bonchev–Trinajstić information content (AvgIpc) is 2.57. The van der Waals surface area contributed by atoms with E-state index in [1.54, 1.807) is 0 Å². The summed E-state index contributed by atoms with van der Waals surface area (Å²) in [7, 11) is 12.6. The van der Waals surface area contributed by atoms with E-state index < -0.39 is 6.10 Å². The third-order valence-corrected chi connectivity index (χ3v) is 4.07. The monoisotopic (exact) mass is 360 g/mol. The Morgan fingerprint density at radius 1 is 0.731 bits per heavy atom. The minimum absolute atomic E-state index is 0.190. The molecular weight excluding hydrogens is 328 g/mol. The zero-order valence-electron chi connectivity index (χ0n) is 16.8. The van der Waals surface area contributed by atoms with Gasteiger partial charge in [0.05, 0.1) is 42.3 Å². The molecule has 0 fully saturated rings. The number of rotatable bonds is 8. The van der Waals surface area contributed by atoms with Crippen LogP contribution in [0, 0.1) is 0 Å². The van der Waals surface area contributed by atoms with Crippen LogP contribution in [0.4, 0.5) is 11.4 Å². The number of benzene rings is 2. The zero-order chi connectivity index (χ0) is 19.4. The highest BCUT2D eigenvalue weighted by atomic mass is 16.5. The summed E-state index contributed by atoms with van der Waals surface area (Å²) in [5, 5.41) is 10.2. The van der Waals surface area contributed by atoms with Gasteiger partial charge in [-0.2, -0.15) is 0 Å². The molecule has 0 atom stereocenters. The molecule has 0 heterocycles. The van der Waals surface area contributed by atoms with Crippen LogP contribution >= 0.6 is 0 Å². The Labute approximate surface area is 157 Å². The molecule has 0 aliphatic carbocycles. The molecule has 0 saturated carbocycles. The number of aliphatic hydroxyl groups excluding tert-OH is 1. The molecule has 26 heavy (non-hydrogen) atoms. The predicted molar refractivity (Wildman–Crippen MR) is 109 cm³/mol. The predicted octanol–water partition coefficient (Wildman–Crippen LogP) is 2.90. The van der Waals surface area contributed by atoms with Crippen LogP contribution in [0.25, 0.3) is 0 Å². The van der Waals surface area contributed by atoms with Crippen molar-refractivity contribution >= 4 is 11.4 Å². The lowest BCUT2D eigenvalue weighted by atomic mass is 10.2. The molecule has 0 aromatic heterocycles. The summed E-state index contributed by atoms with van der Waals surface area (Å²) in [6.45, 7) is 0.380. The molecule has 0 aliphatic rings. The van der Waals surface area contributed by atoms with E-state index in [1.165, 1.54) is 0 Å². The van der Waals surface area contributed by atoms with Crippen LogP contribution in [0.2, 0.25) is 0 Å². The van der Waals surface area contributed by atoms with Crippen LogP contribution in [0.3, 0.4) is 0 Å². The Morgan fingerprint density at radius 3 is 1.46 bits per heavy atom. The van der Waals surface area contributed by atoms with Gasteiger partial charge >= 0.3 is 0 Å². The number of aliphatic hydroxyl groups is 1. The average molecular weight is 360 g/mol. The van der Waals surface area contributed by atoms with Gasteiger partial charge in [0.15, 0.2) is 0 Å². The minimum atomic E-state index is -0.699. The summed E-state index contributed by atoms with van der Waals surface area (Å²) in [5.41, 5.74) is 2.29. The Balaban J connectivity index is 1.87. The molecule has 142 valence electrons. The van der Waals surface area contributed by atoms with Crippen molar-refractivity contribution in [1.82, 2.24) is 8.97 Å². The highest BCUT2D eigenvalue weighted by molar-refractivity contribution is 5.47. The highest BCUT2D eigenvalue weighted by Crippen LogP contribution is 2.24. The Hall–Kier alpha value is -2.08. The molecule has 2 aromatic rings.